The summed E-state index contributed by atoms with van der Waals surface area (Å²) in [4.78, 5) is 9.98. The van der Waals surface area contributed by atoms with Crippen LogP contribution >= 0.6 is 0 Å². The molecule has 2 aliphatic carbocycles. The zero-order chi connectivity index (χ0) is 22.5. The third-order valence-corrected chi connectivity index (χ3v) is 7.97. The van der Waals surface area contributed by atoms with Crippen LogP contribution in [0.15, 0.2) is 73.1 Å². The molecule has 1 heterocycles. The Morgan fingerprint density at radius 2 is 0.941 bits per heavy atom. The first-order chi connectivity index (χ1) is 16.9. The van der Waals surface area contributed by atoms with E-state index in [-0.39, 0.29) is 0 Å². The van der Waals surface area contributed by atoms with Gasteiger partial charge >= 0.3 is 0 Å². The van der Waals surface area contributed by atoms with Crippen LogP contribution in [0, 0.1) is 0 Å². The minimum atomic E-state index is 1.03. The molecule has 2 aliphatic rings. The van der Waals surface area contributed by atoms with Crippen LogP contribution in [-0.2, 0) is 25.7 Å². The first kappa shape index (κ1) is 19.9. The van der Waals surface area contributed by atoms with E-state index in [1.165, 1.54) is 93.8 Å². The number of nitrogens with zero attached hydrogens (tertiary/aromatic N) is 2. The Hall–Kier alpha value is -3.52. The van der Waals surface area contributed by atoms with Crippen LogP contribution in [0.4, 0.5) is 0 Å². The minimum Gasteiger partial charge on any atom is -0.252 e. The normalized spacial score (nSPS) is 15.3. The van der Waals surface area contributed by atoms with Gasteiger partial charge in [0, 0.05) is 23.5 Å². The van der Waals surface area contributed by atoms with Gasteiger partial charge < -0.3 is 0 Å². The Labute approximate surface area is 200 Å². The molecule has 0 radical (unpaired) electrons. The Morgan fingerprint density at radius 3 is 1.44 bits per heavy atom. The lowest BCUT2D eigenvalue weighted by Crippen LogP contribution is -2.06. The zero-order valence-corrected chi connectivity index (χ0v) is 19.5. The SMILES string of the molecule is c1cc2c(c(-c3c4ccccc4c(-c4cccc5c4CCCC5)c4nccnc34)c1)CCCC2. The molecule has 0 fully saturated rings. The third kappa shape index (κ3) is 3.01. The van der Waals surface area contributed by atoms with Gasteiger partial charge in [-0.15, -0.1) is 0 Å². The van der Waals surface area contributed by atoms with Crippen molar-refractivity contribution in [3.8, 4) is 22.3 Å². The van der Waals surface area contributed by atoms with E-state index in [0.717, 1.165) is 23.9 Å². The van der Waals surface area contributed by atoms with Gasteiger partial charge in [0.1, 0.15) is 0 Å². The summed E-state index contributed by atoms with van der Waals surface area (Å²) in [5.74, 6) is 0. The number of hydrogen-bond donors (Lipinski definition) is 0. The predicted molar refractivity (Wildman–Crippen MR) is 141 cm³/mol. The second-order valence-electron chi connectivity index (χ2n) is 9.85. The molecule has 0 aliphatic heterocycles. The van der Waals surface area contributed by atoms with Crippen LogP contribution in [0.1, 0.15) is 47.9 Å². The molecule has 1 aromatic heterocycles. The van der Waals surface area contributed by atoms with Gasteiger partial charge in [-0.25, -0.2) is 0 Å². The van der Waals surface area contributed by atoms with Gasteiger partial charge in [-0.3, -0.25) is 9.97 Å². The van der Waals surface area contributed by atoms with E-state index in [4.69, 9.17) is 9.97 Å². The highest BCUT2D eigenvalue weighted by molar-refractivity contribution is 6.19. The van der Waals surface area contributed by atoms with E-state index in [9.17, 15) is 0 Å². The van der Waals surface area contributed by atoms with Gasteiger partial charge in [0.05, 0.1) is 11.0 Å². The lowest BCUT2D eigenvalue weighted by molar-refractivity contribution is 0.687. The summed E-state index contributed by atoms with van der Waals surface area (Å²) in [5.41, 5.74) is 13.3. The van der Waals surface area contributed by atoms with Crippen molar-refractivity contribution in [3.05, 3.63) is 95.3 Å². The molecular weight excluding hydrogens is 412 g/mol. The lowest BCUT2D eigenvalue weighted by atomic mass is 9.81. The second-order valence-corrected chi connectivity index (χ2v) is 9.85. The zero-order valence-electron chi connectivity index (χ0n) is 19.5. The van der Waals surface area contributed by atoms with Gasteiger partial charge in [-0.05, 0) is 95.5 Å². The Kier molecular flexibility index (Phi) is 4.72. The van der Waals surface area contributed by atoms with E-state index in [0.29, 0.717) is 0 Å². The average molecular weight is 441 g/mol. The Balaban J connectivity index is 1.62. The molecule has 0 N–H and O–H groups in total. The van der Waals surface area contributed by atoms with Gasteiger partial charge in [0.25, 0.3) is 0 Å². The molecule has 34 heavy (non-hydrogen) atoms. The van der Waals surface area contributed by atoms with Crippen LogP contribution in [0.3, 0.4) is 0 Å². The molecule has 0 saturated carbocycles. The number of benzene rings is 4. The van der Waals surface area contributed by atoms with E-state index in [1.54, 1.807) is 0 Å². The topological polar surface area (TPSA) is 25.8 Å². The summed E-state index contributed by atoms with van der Waals surface area (Å²) < 4.78 is 0. The van der Waals surface area contributed by atoms with Crippen molar-refractivity contribution in [1.82, 2.24) is 9.97 Å². The van der Waals surface area contributed by atoms with E-state index in [2.05, 4.69) is 60.7 Å². The lowest BCUT2D eigenvalue weighted by Gasteiger charge is -2.24. The summed E-state index contributed by atoms with van der Waals surface area (Å²) in [6, 6.07) is 22.7. The minimum absolute atomic E-state index is 1.03. The quantitative estimate of drug-likeness (QED) is 0.261. The number of hydrogen-bond acceptors (Lipinski definition) is 2. The van der Waals surface area contributed by atoms with Crippen molar-refractivity contribution in [2.45, 2.75) is 51.4 Å². The molecule has 0 bridgehead atoms. The van der Waals surface area contributed by atoms with Gasteiger partial charge in [-0.1, -0.05) is 60.7 Å². The predicted octanol–water partition coefficient (Wildman–Crippen LogP) is 7.87. The van der Waals surface area contributed by atoms with Crippen molar-refractivity contribution in [1.29, 1.82) is 0 Å². The third-order valence-electron chi connectivity index (χ3n) is 7.97. The molecule has 5 aromatic rings. The Bertz CT molecular complexity index is 1390. The van der Waals surface area contributed by atoms with Crippen molar-refractivity contribution in [2.75, 3.05) is 0 Å². The maximum absolute atomic E-state index is 4.99. The fourth-order valence-corrected chi connectivity index (χ4v) is 6.45. The van der Waals surface area contributed by atoms with E-state index in [1.807, 2.05) is 12.4 Å². The van der Waals surface area contributed by atoms with Crippen molar-refractivity contribution in [2.24, 2.45) is 0 Å². The highest BCUT2D eigenvalue weighted by Crippen LogP contribution is 2.45. The number of aromatic nitrogens is 2. The molecule has 0 amide bonds. The van der Waals surface area contributed by atoms with Crippen LogP contribution in [0.5, 0.6) is 0 Å². The monoisotopic (exact) mass is 440 g/mol. The molecule has 2 heteroatoms. The van der Waals surface area contributed by atoms with Crippen LogP contribution in [-0.4, -0.2) is 9.97 Å². The van der Waals surface area contributed by atoms with Crippen LogP contribution in [0.25, 0.3) is 44.1 Å². The summed E-state index contributed by atoms with van der Waals surface area (Å²) in [5, 5.41) is 2.58. The summed E-state index contributed by atoms with van der Waals surface area (Å²) in [6.45, 7) is 0. The summed E-state index contributed by atoms with van der Waals surface area (Å²) >= 11 is 0. The van der Waals surface area contributed by atoms with E-state index < -0.39 is 0 Å². The summed E-state index contributed by atoms with van der Waals surface area (Å²) in [7, 11) is 0. The summed E-state index contributed by atoms with van der Waals surface area (Å²) in [6.07, 6.45) is 13.5. The fourth-order valence-electron chi connectivity index (χ4n) is 6.45. The van der Waals surface area contributed by atoms with Crippen molar-refractivity contribution >= 4 is 21.8 Å². The molecule has 7 rings (SSSR count). The fraction of sp³-hybridized carbons (Fsp3) is 0.250. The molecule has 2 nitrogen and oxygen atoms in total. The first-order valence-electron chi connectivity index (χ1n) is 12.8. The highest BCUT2D eigenvalue weighted by atomic mass is 14.8. The maximum Gasteiger partial charge on any atom is 0.0978 e. The first-order valence-corrected chi connectivity index (χ1v) is 12.8. The smallest absolute Gasteiger partial charge is 0.0978 e. The standard InChI is InChI=1S/C32H28N2/c1-3-13-23-21(9-1)11-7-17-25(23)29-27-15-5-6-16-28(27)30(32-31(29)33-19-20-34-32)26-18-8-12-22-10-2-4-14-24(22)26/h5-8,11-12,15-20H,1-4,9-10,13-14H2. The number of aryl methyl sites for hydroxylation is 2. The number of rotatable bonds is 2. The molecule has 166 valence electrons. The van der Waals surface area contributed by atoms with Crippen molar-refractivity contribution < 1.29 is 0 Å². The Morgan fingerprint density at radius 1 is 0.471 bits per heavy atom. The molecule has 0 saturated heterocycles. The van der Waals surface area contributed by atoms with Crippen LogP contribution in [0.2, 0.25) is 0 Å². The highest BCUT2D eigenvalue weighted by Gasteiger charge is 2.24. The maximum atomic E-state index is 4.99. The van der Waals surface area contributed by atoms with Gasteiger partial charge in [-0.2, -0.15) is 0 Å². The molecule has 0 unspecified atom stereocenters. The molecule has 0 atom stereocenters. The second kappa shape index (κ2) is 8.06. The van der Waals surface area contributed by atoms with Gasteiger partial charge in [0.15, 0.2) is 0 Å². The van der Waals surface area contributed by atoms with Gasteiger partial charge in [0.2, 0.25) is 0 Å². The number of fused-ring (bicyclic) bond motifs is 4. The largest absolute Gasteiger partial charge is 0.252 e. The van der Waals surface area contributed by atoms with Crippen LogP contribution < -0.4 is 0 Å². The molecular formula is C32H28N2. The van der Waals surface area contributed by atoms with Crippen molar-refractivity contribution in [3.63, 3.8) is 0 Å². The average Bonchev–Trinajstić information content (AvgIpc) is 2.91. The molecule has 4 aromatic carbocycles. The van der Waals surface area contributed by atoms with E-state index >= 15 is 0 Å². The molecule has 0 spiro atoms.